The summed E-state index contributed by atoms with van der Waals surface area (Å²) in [5.41, 5.74) is 1.77. The standard InChI is InChI=1S/C19H23F2N/c1-3-14(2)22-11-10-19(15-6-4-8-17(20)12-15)16-7-5-9-18(21)13-16/h4-9,12-14,19,22H,3,10-11H2,1-2H3. The van der Waals surface area contributed by atoms with Crippen LogP contribution < -0.4 is 5.32 Å². The van der Waals surface area contributed by atoms with Crippen molar-refractivity contribution < 1.29 is 8.78 Å². The molecule has 0 aromatic heterocycles. The lowest BCUT2D eigenvalue weighted by atomic mass is 9.88. The molecule has 0 radical (unpaired) electrons. The van der Waals surface area contributed by atoms with E-state index in [4.69, 9.17) is 0 Å². The fourth-order valence-corrected chi connectivity index (χ4v) is 2.59. The minimum absolute atomic E-state index is 0.0112. The Bertz CT molecular complexity index is 552. The molecule has 2 rings (SSSR count). The first-order chi connectivity index (χ1) is 10.6. The molecule has 1 atom stereocenters. The number of nitrogens with one attached hydrogen (secondary N) is 1. The highest BCUT2D eigenvalue weighted by Gasteiger charge is 2.15. The van der Waals surface area contributed by atoms with E-state index >= 15 is 0 Å². The second kappa shape index (κ2) is 8.04. The Labute approximate surface area is 131 Å². The molecule has 0 aliphatic carbocycles. The van der Waals surface area contributed by atoms with Gasteiger partial charge in [0.1, 0.15) is 11.6 Å². The molecule has 1 N–H and O–H groups in total. The Hall–Kier alpha value is -1.74. The molecule has 2 aromatic carbocycles. The zero-order valence-corrected chi connectivity index (χ0v) is 13.2. The lowest BCUT2D eigenvalue weighted by molar-refractivity contribution is 0.510. The Kier molecular flexibility index (Phi) is 6.08. The highest BCUT2D eigenvalue weighted by molar-refractivity contribution is 5.33. The second-order valence-corrected chi connectivity index (χ2v) is 5.71. The molecule has 1 nitrogen and oxygen atoms in total. The first kappa shape index (κ1) is 16.6. The van der Waals surface area contributed by atoms with Crippen LogP contribution in [0.15, 0.2) is 48.5 Å². The van der Waals surface area contributed by atoms with Crippen LogP contribution >= 0.6 is 0 Å². The molecule has 22 heavy (non-hydrogen) atoms. The van der Waals surface area contributed by atoms with Gasteiger partial charge in [0.15, 0.2) is 0 Å². The topological polar surface area (TPSA) is 12.0 Å². The quantitative estimate of drug-likeness (QED) is 0.769. The molecule has 0 aliphatic heterocycles. The van der Waals surface area contributed by atoms with Crippen molar-refractivity contribution in [2.45, 2.75) is 38.6 Å². The lowest BCUT2D eigenvalue weighted by Gasteiger charge is -2.20. The maximum Gasteiger partial charge on any atom is 0.123 e. The molecule has 0 aliphatic rings. The lowest BCUT2D eigenvalue weighted by Crippen LogP contribution is -2.27. The minimum Gasteiger partial charge on any atom is -0.314 e. The van der Waals surface area contributed by atoms with Crippen molar-refractivity contribution in [2.75, 3.05) is 6.54 Å². The summed E-state index contributed by atoms with van der Waals surface area (Å²) in [4.78, 5) is 0. The van der Waals surface area contributed by atoms with Crippen LogP contribution in [0.1, 0.15) is 43.7 Å². The molecule has 0 spiro atoms. The van der Waals surface area contributed by atoms with Gasteiger partial charge in [-0.15, -0.1) is 0 Å². The van der Waals surface area contributed by atoms with Gasteiger partial charge < -0.3 is 5.32 Å². The fourth-order valence-electron chi connectivity index (χ4n) is 2.59. The molecule has 0 saturated heterocycles. The van der Waals surface area contributed by atoms with Crippen LogP contribution in [0.5, 0.6) is 0 Å². The van der Waals surface area contributed by atoms with Crippen LogP contribution in [0.3, 0.4) is 0 Å². The maximum absolute atomic E-state index is 13.5. The summed E-state index contributed by atoms with van der Waals surface area (Å²) in [6, 6.07) is 13.6. The molecular formula is C19H23F2N. The van der Waals surface area contributed by atoms with E-state index in [0.29, 0.717) is 6.04 Å². The Balaban J connectivity index is 2.21. The van der Waals surface area contributed by atoms with Crippen molar-refractivity contribution in [3.05, 3.63) is 71.3 Å². The normalized spacial score (nSPS) is 12.6. The first-order valence-corrected chi connectivity index (χ1v) is 7.84. The van der Waals surface area contributed by atoms with E-state index in [1.807, 2.05) is 12.1 Å². The van der Waals surface area contributed by atoms with Gasteiger partial charge in [-0.3, -0.25) is 0 Å². The van der Waals surface area contributed by atoms with Crippen LogP contribution in [-0.2, 0) is 0 Å². The van der Waals surface area contributed by atoms with Crippen molar-refractivity contribution >= 4 is 0 Å². The van der Waals surface area contributed by atoms with E-state index in [1.54, 1.807) is 24.3 Å². The fraction of sp³-hybridized carbons (Fsp3) is 0.368. The van der Waals surface area contributed by atoms with Crippen LogP contribution in [-0.4, -0.2) is 12.6 Å². The summed E-state index contributed by atoms with van der Waals surface area (Å²) in [6.45, 7) is 5.08. The number of halogens is 2. The summed E-state index contributed by atoms with van der Waals surface area (Å²) in [6.07, 6.45) is 1.86. The van der Waals surface area contributed by atoms with E-state index in [9.17, 15) is 8.78 Å². The molecule has 0 heterocycles. The Morgan fingerprint density at radius 1 is 0.955 bits per heavy atom. The predicted octanol–water partition coefficient (Wildman–Crippen LogP) is 4.87. The van der Waals surface area contributed by atoms with Crippen LogP contribution in [0.25, 0.3) is 0 Å². The van der Waals surface area contributed by atoms with Crippen molar-refractivity contribution in [2.24, 2.45) is 0 Å². The monoisotopic (exact) mass is 303 g/mol. The molecule has 1 unspecified atom stereocenters. The van der Waals surface area contributed by atoms with Gasteiger partial charge in [0.25, 0.3) is 0 Å². The molecular weight excluding hydrogens is 280 g/mol. The van der Waals surface area contributed by atoms with Gasteiger partial charge in [-0.25, -0.2) is 8.78 Å². The summed E-state index contributed by atoms with van der Waals surface area (Å²) in [5.74, 6) is -0.523. The van der Waals surface area contributed by atoms with E-state index in [2.05, 4.69) is 19.2 Å². The van der Waals surface area contributed by atoms with Crippen LogP contribution in [0.4, 0.5) is 8.78 Å². The molecule has 0 amide bonds. The first-order valence-electron chi connectivity index (χ1n) is 7.84. The van der Waals surface area contributed by atoms with Gasteiger partial charge >= 0.3 is 0 Å². The maximum atomic E-state index is 13.5. The third-order valence-electron chi connectivity index (χ3n) is 4.04. The summed E-state index contributed by atoms with van der Waals surface area (Å²) >= 11 is 0. The molecule has 0 bridgehead atoms. The summed E-state index contributed by atoms with van der Waals surface area (Å²) in [7, 11) is 0. The van der Waals surface area contributed by atoms with Crippen LogP contribution in [0.2, 0.25) is 0 Å². The third-order valence-corrected chi connectivity index (χ3v) is 4.04. The smallest absolute Gasteiger partial charge is 0.123 e. The summed E-state index contributed by atoms with van der Waals surface area (Å²) in [5, 5.41) is 3.44. The van der Waals surface area contributed by atoms with Gasteiger partial charge in [0, 0.05) is 12.0 Å². The summed E-state index contributed by atoms with van der Waals surface area (Å²) < 4.78 is 27.1. The highest BCUT2D eigenvalue weighted by Crippen LogP contribution is 2.28. The largest absolute Gasteiger partial charge is 0.314 e. The van der Waals surface area contributed by atoms with E-state index < -0.39 is 0 Å². The van der Waals surface area contributed by atoms with Gasteiger partial charge in [-0.2, -0.15) is 0 Å². The SMILES string of the molecule is CCC(C)NCCC(c1cccc(F)c1)c1cccc(F)c1. The molecule has 0 saturated carbocycles. The van der Waals surface area contributed by atoms with E-state index in [1.165, 1.54) is 12.1 Å². The minimum atomic E-state index is -0.256. The van der Waals surface area contributed by atoms with Gasteiger partial charge in [0.05, 0.1) is 0 Å². The van der Waals surface area contributed by atoms with Crippen molar-refractivity contribution in [1.82, 2.24) is 5.32 Å². The van der Waals surface area contributed by atoms with Gasteiger partial charge in [-0.1, -0.05) is 31.2 Å². The number of hydrogen-bond donors (Lipinski definition) is 1. The average molecular weight is 303 g/mol. The van der Waals surface area contributed by atoms with E-state index in [0.717, 1.165) is 30.5 Å². The van der Waals surface area contributed by atoms with Crippen molar-refractivity contribution in [3.63, 3.8) is 0 Å². The van der Waals surface area contributed by atoms with Gasteiger partial charge in [0.2, 0.25) is 0 Å². The Morgan fingerprint density at radius 2 is 1.50 bits per heavy atom. The third kappa shape index (κ3) is 4.63. The average Bonchev–Trinajstić information content (AvgIpc) is 2.51. The number of benzene rings is 2. The van der Waals surface area contributed by atoms with E-state index in [-0.39, 0.29) is 17.6 Å². The molecule has 2 aromatic rings. The van der Waals surface area contributed by atoms with Crippen LogP contribution in [0, 0.1) is 11.6 Å². The zero-order valence-electron chi connectivity index (χ0n) is 13.2. The number of rotatable bonds is 7. The number of hydrogen-bond acceptors (Lipinski definition) is 1. The molecule has 118 valence electrons. The second-order valence-electron chi connectivity index (χ2n) is 5.71. The molecule has 3 heteroatoms. The highest BCUT2D eigenvalue weighted by atomic mass is 19.1. The predicted molar refractivity (Wildman–Crippen MR) is 87.0 cm³/mol. The molecule has 0 fully saturated rings. The zero-order chi connectivity index (χ0) is 15.9. The Morgan fingerprint density at radius 3 is 1.95 bits per heavy atom. The van der Waals surface area contributed by atoms with Crippen molar-refractivity contribution in [1.29, 1.82) is 0 Å². The van der Waals surface area contributed by atoms with Gasteiger partial charge in [-0.05, 0) is 61.7 Å². The van der Waals surface area contributed by atoms with Crippen molar-refractivity contribution in [3.8, 4) is 0 Å².